The molecular formula is C15H19NO6S. The number of carbonyl (C=O) groups is 2. The average molecular weight is 341 g/mol. The van der Waals surface area contributed by atoms with Gasteiger partial charge in [0.15, 0.2) is 22.0 Å². The summed E-state index contributed by atoms with van der Waals surface area (Å²) in [6.45, 7) is 1.92. The Morgan fingerprint density at radius 1 is 1.35 bits per heavy atom. The molecule has 0 radical (unpaired) electrons. The Labute approximate surface area is 134 Å². The first-order valence-electron chi connectivity index (χ1n) is 7.21. The van der Waals surface area contributed by atoms with E-state index in [0.29, 0.717) is 13.0 Å². The maximum absolute atomic E-state index is 12.1. The van der Waals surface area contributed by atoms with Crippen LogP contribution in [0.1, 0.15) is 19.8 Å². The smallest absolute Gasteiger partial charge is 0.336 e. The first-order valence-corrected chi connectivity index (χ1v) is 9.10. The van der Waals surface area contributed by atoms with Crippen LogP contribution < -0.4 is 5.32 Å². The Kier molecular flexibility index (Phi) is 5.38. The molecule has 0 aromatic heterocycles. The Balaban J connectivity index is 2.03. The molecule has 0 saturated carbocycles. The molecule has 0 spiro atoms. The van der Waals surface area contributed by atoms with Gasteiger partial charge in [-0.15, -0.1) is 0 Å². The van der Waals surface area contributed by atoms with E-state index < -0.39 is 33.9 Å². The maximum Gasteiger partial charge on any atom is 0.336 e. The molecule has 1 amide bonds. The first kappa shape index (κ1) is 17.4. The molecule has 1 aliphatic heterocycles. The molecule has 1 aromatic carbocycles. The van der Waals surface area contributed by atoms with Crippen molar-refractivity contribution < 1.29 is 27.5 Å². The van der Waals surface area contributed by atoms with Gasteiger partial charge in [-0.05, 0) is 31.9 Å². The van der Waals surface area contributed by atoms with E-state index in [0.717, 1.165) is 12.7 Å². The number of rotatable bonds is 5. The summed E-state index contributed by atoms with van der Waals surface area (Å²) in [6.07, 6.45) is 0.721. The highest BCUT2D eigenvalue weighted by molar-refractivity contribution is 7.90. The summed E-state index contributed by atoms with van der Waals surface area (Å²) in [5.74, 6) is -1.19. The first-order chi connectivity index (χ1) is 10.8. The van der Waals surface area contributed by atoms with Crippen molar-refractivity contribution in [2.75, 3.05) is 18.2 Å². The van der Waals surface area contributed by atoms with E-state index in [1.807, 2.05) is 0 Å². The zero-order valence-corrected chi connectivity index (χ0v) is 13.8. The lowest BCUT2D eigenvalue weighted by Gasteiger charge is -2.16. The summed E-state index contributed by atoms with van der Waals surface area (Å²) in [6, 6.07) is 6.04. The lowest BCUT2D eigenvalue weighted by Crippen LogP contribution is -2.34. The molecular weight excluding hydrogens is 322 g/mol. The Hall–Kier alpha value is -1.93. The summed E-state index contributed by atoms with van der Waals surface area (Å²) in [7, 11) is -3.48. The van der Waals surface area contributed by atoms with E-state index >= 15 is 0 Å². The van der Waals surface area contributed by atoms with Crippen molar-refractivity contribution in [1.82, 2.24) is 0 Å². The lowest BCUT2D eigenvalue weighted by molar-refractivity contribution is -0.162. The molecule has 126 valence electrons. The fourth-order valence-electron chi connectivity index (χ4n) is 2.19. The van der Waals surface area contributed by atoms with Crippen molar-refractivity contribution in [2.45, 2.75) is 36.9 Å². The Morgan fingerprint density at radius 3 is 2.65 bits per heavy atom. The number of anilines is 1. The molecule has 8 heteroatoms. The van der Waals surface area contributed by atoms with Crippen LogP contribution in [0, 0.1) is 0 Å². The van der Waals surface area contributed by atoms with Crippen molar-refractivity contribution in [2.24, 2.45) is 0 Å². The molecule has 1 saturated heterocycles. The Bertz CT molecular complexity index is 694. The van der Waals surface area contributed by atoms with Crippen LogP contribution in [0.3, 0.4) is 0 Å². The standard InChI is InChI=1S/C15H19NO6S/c1-10(22-15(18)12-7-5-9-21-12)14(17)16-11-6-3-4-8-13(11)23(2,19)20/h3-4,6,8,10,12H,5,7,9H2,1-2H3,(H,16,17)/t10?,12-/m1/s1. The van der Waals surface area contributed by atoms with Crippen molar-refractivity contribution in [1.29, 1.82) is 0 Å². The molecule has 23 heavy (non-hydrogen) atoms. The zero-order valence-electron chi connectivity index (χ0n) is 12.9. The van der Waals surface area contributed by atoms with Gasteiger partial charge in [0, 0.05) is 12.9 Å². The number of esters is 1. The van der Waals surface area contributed by atoms with Crippen LogP contribution >= 0.6 is 0 Å². The van der Waals surface area contributed by atoms with Crippen LogP contribution in [0.4, 0.5) is 5.69 Å². The van der Waals surface area contributed by atoms with Crippen molar-refractivity contribution in [3.8, 4) is 0 Å². The van der Waals surface area contributed by atoms with Crippen molar-refractivity contribution in [3.63, 3.8) is 0 Å². The van der Waals surface area contributed by atoms with Gasteiger partial charge in [0.1, 0.15) is 0 Å². The summed E-state index contributed by atoms with van der Waals surface area (Å²) < 4.78 is 33.7. The molecule has 1 heterocycles. The number of sulfone groups is 1. The average Bonchev–Trinajstić information content (AvgIpc) is 3.00. The number of amides is 1. The van der Waals surface area contributed by atoms with E-state index in [1.165, 1.54) is 19.1 Å². The largest absolute Gasteiger partial charge is 0.451 e. The number of carbonyl (C=O) groups excluding carboxylic acids is 2. The molecule has 1 unspecified atom stereocenters. The molecule has 7 nitrogen and oxygen atoms in total. The molecule has 1 N–H and O–H groups in total. The molecule has 2 atom stereocenters. The van der Waals surface area contributed by atoms with Gasteiger partial charge in [0.05, 0.1) is 10.6 Å². The zero-order chi connectivity index (χ0) is 17.0. The third-order valence-electron chi connectivity index (χ3n) is 3.40. The van der Waals surface area contributed by atoms with Crippen molar-refractivity contribution in [3.05, 3.63) is 24.3 Å². The van der Waals surface area contributed by atoms with Gasteiger partial charge in [0.2, 0.25) is 0 Å². The van der Waals surface area contributed by atoms with Crippen LogP contribution in [0.25, 0.3) is 0 Å². The molecule has 2 rings (SSSR count). The van der Waals surface area contributed by atoms with Gasteiger partial charge in [-0.1, -0.05) is 12.1 Å². The monoisotopic (exact) mass is 341 g/mol. The van der Waals surface area contributed by atoms with Crippen LogP contribution in [-0.2, 0) is 28.9 Å². The summed E-state index contributed by atoms with van der Waals surface area (Å²) in [5.41, 5.74) is 0.153. The second kappa shape index (κ2) is 7.10. The van der Waals surface area contributed by atoms with Gasteiger partial charge in [-0.25, -0.2) is 13.2 Å². The number of para-hydroxylation sites is 1. The Morgan fingerprint density at radius 2 is 2.04 bits per heavy atom. The second-order valence-electron chi connectivity index (χ2n) is 5.34. The minimum Gasteiger partial charge on any atom is -0.451 e. The lowest BCUT2D eigenvalue weighted by atomic mass is 10.2. The second-order valence-corrected chi connectivity index (χ2v) is 7.32. The quantitative estimate of drug-likeness (QED) is 0.806. The highest BCUT2D eigenvalue weighted by Crippen LogP contribution is 2.21. The van der Waals surface area contributed by atoms with Crippen LogP contribution in [0.5, 0.6) is 0 Å². The molecule has 1 aromatic rings. The van der Waals surface area contributed by atoms with Crippen LogP contribution in [-0.4, -0.2) is 45.4 Å². The van der Waals surface area contributed by atoms with E-state index in [-0.39, 0.29) is 10.6 Å². The van der Waals surface area contributed by atoms with E-state index in [1.54, 1.807) is 12.1 Å². The predicted octanol–water partition coefficient (Wildman–Crippen LogP) is 1.14. The van der Waals surface area contributed by atoms with Crippen LogP contribution in [0.15, 0.2) is 29.2 Å². The molecule has 0 aliphatic carbocycles. The minimum atomic E-state index is -3.48. The number of benzene rings is 1. The number of ether oxygens (including phenoxy) is 2. The van der Waals surface area contributed by atoms with E-state index in [2.05, 4.69) is 5.32 Å². The summed E-state index contributed by atoms with van der Waals surface area (Å²) in [4.78, 5) is 23.9. The maximum atomic E-state index is 12.1. The van der Waals surface area contributed by atoms with Crippen LogP contribution in [0.2, 0.25) is 0 Å². The third kappa shape index (κ3) is 4.52. The SMILES string of the molecule is CC(OC(=O)[C@H]1CCCO1)C(=O)Nc1ccccc1S(C)(=O)=O. The van der Waals surface area contributed by atoms with Crippen molar-refractivity contribution >= 4 is 27.4 Å². The third-order valence-corrected chi connectivity index (χ3v) is 4.55. The number of hydrogen-bond donors (Lipinski definition) is 1. The highest BCUT2D eigenvalue weighted by Gasteiger charge is 2.28. The number of hydrogen-bond acceptors (Lipinski definition) is 6. The minimum absolute atomic E-state index is 0.00556. The fourth-order valence-corrected chi connectivity index (χ4v) is 3.04. The predicted molar refractivity (Wildman–Crippen MR) is 82.7 cm³/mol. The topological polar surface area (TPSA) is 98.8 Å². The summed E-state index contributed by atoms with van der Waals surface area (Å²) >= 11 is 0. The van der Waals surface area contributed by atoms with E-state index in [4.69, 9.17) is 9.47 Å². The molecule has 1 fully saturated rings. The van der Waals surface area contributed by atoms with E-state index in [9.17, 15) is 18.0 Å². The highest BCUT2D eigenvalue weighted by atomic mass is 32.2. The van der Waals surface area contributed by atoms with Gasteiger partial charge in [0.25, 0.3) is 5.91 Å². The molecule has 1 aliphatic rings. The fraction of sp³-hybridized carbons (Fsp3) is 0.467. The van der Waals surface area contributed by atoms with Gasteiger partial charge >= 0.3 is 5.97 Å². The number of nitrogens with one attached hydrogen (secondary N) is 1. The van der Waals surface area contributed by atoms with Gasteiger partial charge in [-0.2, -0.15) is 0 Å². The molecule has 0 bridgehead atoms. The normalized spacial score (nSPS) is 19.1. The van der Waals surface area contributed by atoms with Gasteiger partial charge < -0.3 is 14.8 Å². The van der Waals surface area contributed by atoms with Gasteiger partial charge in [-0.3, -0.25) is 4.79 Å². The summed E-state index contributed by atoms with van der Waals surface area (Å²) in [5, 5.41) is 2.48.